The van der Waals surface area contributed by atoms with Crippen LogP contribution in [0, 0.1) is 5.92 Å². The van der Waals surface area contributed by atoms with Crippen molar-refractivity contribution in [3.05, 3.63) is 53.9 Å². The van der Waals surface area contributed by atoms with Gasteiger partial charge in [-0.2, -0.15) is 0 Å². The van der Waals surface area contributed by atoms with E-state index in [1.165, 1.54) is 19.4 Å². The SMILES string of the molecule is COc1ccnc(C(=O)N[C@H]2COC(=O)[C@@H](Cc3ccccc3)C[C@H](C)OC2=O)c1OC(O)C(C)=O. The third-order valence-corrected chi connectivity index (χ3v) is 5.45. The Morgan fingerprint density at radius 3 is 2.58 bits per heavy atom. The number of amides is 1. The smallest absolute Gasteiger partial charge is 0.332 e. The fraction of sp³-hybridized carbons (Fsp3) is 0.400. The Kier molecular flexibility index (Phi) is 8.96. The van der Waals surface area contributed by atoms with Crippen LogP contribution < -0.4 is 14.8 Å². The fourth-order valence-corrected chi connectivity index (χ4v) is 3.63. The van der Waals surface area contributed by atoms with E-state index in [1.807, 2.05) is 30.3 Å². The zero-order valence-electron chi connectivity index (χ0n) is 20.1. The second kappa shape index (κ2) is 12.1. The molecule has 36 heavy (non-hydrogen) atoms. The number of ketones is 1. The molecule has 2 N–H and O–H groups in total. The van der Waals surface area contributed by atoms with Crippen LogP contribution in [0.2, 0.25) is 0 Å². The lowest BCUT2D eigenvalue weighted by atomic mass is 9.94. The number of nitrogens with one attached hydrogen (secondary N) is 1. The molecule has 1 aliphatic heterocycles. The van der Waals surface area contributed by atoms with Gasteiger partial charge in [0.1, 0.15) is 6.61 Å². The topological polar surface area (TPSA) is 150 Å². The maximum Gasteiger partial charge on any atom is 0.332 e. The number of carbonyl (C=O) groups is 4. The van der Waals surface area contributed by atoms with E-state index >= 15 is 0 Å². The van der Waals surface area contributed by atoms with Crippen LogP contribution in [-0.2, 0) is 30.3 Å². The molecule has 192 valence electrons. The number of aliphatic hydroxyl groups is 1. The van der Waals surface area contributed by atoms with Crippen molar-refractivity contribution < 1.29 is 43.2 Å². The Bertz CT molecular complexity index is 1110. The number of nitrogens with zero attached hydrogens (tertiary/aromatic N) is 1. The summed E-state index contributed by atoms with van der Waals surface area (Å²) in [6.45, 7) is 2.30. The molecule has 0 aliphatic carbocycles. The van der Waals surface area contributed by atoms with Gasteiger partial charge in [0, 0.05) is 19.2 Å². The fourth-order valence-electron chi connectivity index (χ4n) is 3.63. The highest BCUT2D eigenvalue weighted by Crippen LogP contribution is 2.30. The number of methoxy groups -OCH3 is 1. The predicted molar refractivity (Wildman–Crippen MR) is 124 cm³/mol. The average Bonchev–Trinajstić information content (AvgIpc) is 2.89. The van der Waals surface area contributed by atoms with Crippen molar-refractivity contribution in [2.45, 2.75) is 45.1 Å². The molecule has 0 spiro atoms. The highest BCUT2D eigenvalue weighted by Gasteiger charge is 2.34. The van der Waals surface area contributed by atoms with E-state index in [2.05, 4.69) is 10.3 Å². The second-order valence-corrected chi connectivity index (χ2v) is 8.30. The first-order valence-electron chi connectivity index (χ1n) is 11.3. The summed E-state index contributed by atoms with van der Waals surface area (Å²) in [7, 11) is 1.30. The van der Waals surface area contributed by atoms with Crippen molar-refractivity contribution in [2.75, 3.05) is 13.7 Å². The van der Waals surface area contributed by atoms with Gasteiger partial charge in [0.15, 0.2) is 29.0 Å². The molecule has 1 aromatic heterocycles. The van der Waals surface area contributed by atoms with Crippen LogP contribution in [0.25, 0.3) is 0 Å². The van der Waals surface area contributed by atoms with Gasteiger partial charge in [-0.3, -0.25) is 14.4 Å². The van der Waals surface area contributed by atoms with Crippen LogP contribution in [0.4, 0.5) is 0 Å². The van der Waals surface area contributed by atoms with E-state index in [0.717, 1.165) is 12.5 Å². The molecule has 1 fully saturated rings. The van der Waals surface area contributed by atoms with Crippen molar-refractivity contribution in [1.29, 1.82) is 0 Å². The van der Waals surface area contributed by atoms with E-state index in [1.54, 1.807) is 6.92 Å². The molecule has 1 amide bonds. The summed E-state index contributed by atoms with van der Waals surface area (Å²) < 4.78 is 21.2. The third kappa shape index (κ3) is 6.79. The van der Waals surface area contributed by atoms with E-state index < -0.39 is 54.6 Å². The number of cyclic esters (lactones) is 2. The second-order valence-electron chi connectivity index (χ2n) is 8.30. The van der Waals surface area contributed by atoms with Gasteiger partial charge in [0.2, 0.25) is 0 Å². The number of Topliss-reactive ketones (excluding diaryl/α,β-unsaturated/α-hetero) is 1. The number of pyridine rings is 1. The Morgan fingerprint density at radius 2 is 1.92 bits per heavy atom. The van der Waals surface area contributed by atoms with Gasteiger partial charge >= 0.3 is 11.9 Å². The lowest BCUT2D eigenvalue weighted by Crippen LogP contribution is -2.46. The number of carbonyl (C=O) groups excluding carboxylic acids is 4. The number of hydrogen-bond donors (Lipinski definition) is 2. The molecule has 11 heteroatoms. The van der Waals surface area contributed by atoms with Crippen molar-refractivity contribution >= 4 is 23.6 Å². The van der Waals surface area contributed by atoms with Gasteiger partial charge < -0.3 is 29.4 Å². The minimum Gasteiger partial charge on any atom is -0.493 e. The molecule has 1 aromatic carbocycles. The summed E-state index contributed by atoms with van der Waals surface area (Å²) in [5.41, 5.74) is 0.579. The molecule has 2 heterocycles. The van der Waals surface area contributed by atoms with Crippen LogP contribution in [0.15, 0.2) is 42.6 Å². The first kappa shape index (κ1) is 26.6. The Labute approximate surface area is 207 Å². The summed E-state index contributed by atoms with van der Waals surface area (Å²) >= 11 is 0. The predicted octanol–water partition coefficient (Wildman–Crippen LogP) is 1.21. The maximum atomic E-state index is 13.0. The van der Waals surface area contributed by atoms with Crippen molar-refractivity contribution in [3.8, 4) is 11.5 Å². The normalized spacial score (nSPS) is 21.1. The van der Waals surface area contributed by atoms with E-state index in [4.69, 9.17) is 18.9 Å². The zero-order chi connectivity index (χ0) is 26.2. The Morgan fingerprint density at radius 1 is 1.19 bits per heavy atom. The van der Waals surface area contributed by atoms with Crippen LogP contribution in [0.5, 0.6) is 11.5 Å². The van der Waals surface area contributed by atoms with Gasteiger partial charge in [-0.25, -0.2) is 9.78 Å². The summed E-state index contributed by atoms with van der Waals surface area (Å²) in [6, 6.07) is 9.42. The molecule has 0 bridgehead atoms. The van der Waals surface area contributed by atoms with Gasteiger partial charge in [-0.1, -0.05) is 30.3 Å². The van der Waals surface area contributed by atoms with Crippen LogP contribution in [0.3, 0.4) is 0 Å². The maximum absolute atomic E-state index is 13.0. The van der Waals surface area contributed by atoms with E-state index in [-0.39, 0.29) is 23.6 Å². The van der Waals surface area contributed by atoms with Crippen molar-refractivity contribution in [3.63, 3.8) is 0 Å². The van der Waals surface area contributed by atoms with Crippen molar-refractivity contribution in [1.82, 2.24) is 10.3 Å². The lowest BCUT2D eigenvalue weighted by Gasteiger charge is -2.20. The number of rotatable bonds is 8. The molecular weight excluding hydrogens is 472 g/mol. The minimum absolute atomic E-state index is 0.0243. The summed E-state index contributed by atoms with van der Waals surface area (Å²) in [5.74, 6) is -3.74. The minimum atomic E-state index is -1.87. The number of benzene rings is 1. The summed E-state index contributed by atoms with van der Waals surface area (Å²) in [4.78, 5) is 54.0. The highest BCUT2D eigenvalue weighted by molar-refractivity contribution is 5.98. The molecule has 1 unspecified atom stereocenters. The van der Waals surface area contributed by atoms with Crippen LogP contribution >= 0.6 is 0 Å². The standard InChI is InChI=1S/C25H28N2O9/c1-14-11-17(12-16-7-5-4-6-8-16)24(31)34-13-18(25(32)35-14)27-22(29)20-21(36-23(30)15(2)28)19(33-3)9-10-26-20/h4-10,14,17-18,23,30H,11-13H2,1-3H3,(H,27,29)/t14-,17+,18-,23?/m0/s1. The Hall–Kier alpha value is -3.99. The summed E-state index contributed by atoms with van der Waals surface area (Å²) in [6.07, 6.45) is -0.577. The molecule has 2 aromatic rings. The van der Waals surface area contributed by atoms with Gasteiger partial charge in [-0.15, -0.1) is 0 Å². The number of esters is 2. The largest absolute Gasteiger partial charge is 0.493 e. The first-order chi connectivity index (χ1) is 17.2. The zero-order valence-corrected chi connectivity index (χ0v) is 20.1. The molecule has 1 aliphatic rings. The number of aliphatic hydroxyl groups excluding tert-OH is 1. The molecule has 4 atom stereocenters. The summed E-state index contributed by atoms with van der Waals surface area (Å²) in [5, 5.41) is 12.3. The molecule has 1 saturated heterocycles. The molecule has 11 nitrogen and oxygen atoms in total. The van der Waals surface area contributed by atoms with Gasteiger partial charge in [0.05, 0.1) is 19.1 Å². The van der Waals surface area contributed by atoms with Crippen LogP contribution in [0.1, 0.15) is 36.3 Å². The molecular formula is C25H28N2O9. The number of ether oxygens (including phenoxy) is 4. The number of hydrogen-bond acceptors (Lipinski definition) is 10. The third-order valence-electron chi connectivity index (χ3n) is 5.45. The van der Waals surface area contributed by atoms with Gasteiger partial charge in [0.25, 0.3) is 12.2 Å². The molecule has 3 rings (SSSR count). The average molecular weight is 501 g/mol. The lowest BCUT2D eigenvalue weighted by molar-refractivity contribution is -0.152. The van der Waals surface area contributed by atoms with Crippen molar-refractivity contribution in [2.24, 2.45) is 5.92 Å². The molecule has 0 radical (unpaired) electrons. The first-order valence-corrected chi connectivity index (χ1v) is 11.3. The van der Waals surface area contributed by atoms with E-state index in [0.29, 0.717) is 6.42 Å². The van der Waals surface area contributed by atoms with E-state index in [9.17, 15) is 24.3 Å². The Balaban J connectivity index is 1.78. The number of aromatic nitrogens is 1. The monoisotopic (exact) mass is 500 g/mol. The van der Waals surface area contributed by atoms with Crippen LogP contribution in [-0.4, -0.2) is 65.9 Å². The highest BCUT2D eigenvalue weighted by atomic mass is 16.6. The quantitative estimate of drug-likeness (QED) is 0.400. The van der Waals surface area contributed by atoms with Gasteiger partial charge in [-0.05, 0) is 25.3 Å². The molecule has 0 saturated carbocycles.